The van der Waals surface area contributed by atoms with Crippen LogP contribution in [-0.4, -0.2) is 32.3 Å². The first-order valence-corrected chi connectivity index (χ1v) is 8.09. The second kappa shape index (κ2) is 7.29. The van der Waals surface area contributed by atoms with E-state index in [9.17, 15) is 9.59 Å². The molecule has 128 valence electrons. The van der Waals surface area contributed by atoms with Crippen LogP contribution in [-0.2, 0) is 30.8 Å². The number of hydrogen-bond donors (Lipinski definition) is 1. The smallest absolute Gasteiger partial charge is 0.346 e. The number of carbonyl (C=O) groups excluding carboxylic acids is 1. The van der Waals surface area contributed by atoms with Gasteiger partial charge in [-0.25, -0.2) is 14.5 Å². The summed E-state index contributed by atoms with van der Waals surface area (Å²) in [6, 6.07) is 3.57. The summed E-state index contributed by atoms with van der Waals surface area (Å²) in [6.45, 7) is 0.966. The van der Waals surface area contributed by atoms with Crippen molar-refractivity contribution in [1.82, 2.24) is 24.6 Å². The number of ether oxygens (including phenoxy) is 1. The molecule has 2 aromatic rings. The van der Waals surface area contributed by atoms with Crippen LogP contribution in [0.1, 0.15) is 30.7 Å². The van der Waals surface area contributed by atoms with E-state index < -0.39 is 0 Å². The van der Waals surface area contributed by atoms with E-state index in [1.54, 1.807) is 23.9 Å². The molecule has 0 atom stereocenters. The number of rotatable bonds is 5. The fourth-order valence-corrected chi connectivity index (χ4v) is 2.76. The number of amides is 1. The predicted molar refractivity (Wildman–Crippen MR) is 86.7 cm³/mol. The summed E-state index contributed by atoms with van der Waals surface area (Å²) in [5, 5.41) is 7.08. The number of aryl methyl sites for hydroxylation is 1. The molecule has 8 heteroatoms. The molecule has 0 fully saturated rings. The zero-order valence-electron chi connectivity index (χ0n) is 13.7. The average molecular weight is 331 g/mol. The van der Waals surface area contributed by atoms with Gasteiger partial charge in [0.1, 0.15) is 12.4 Å². The van der Waals surface area contributed by atoms with Crippen molar-refractivity contribution in [2.24, 2.45) is 0 Å². The summed E-state index contributed by atoms with van der Waals surface area (Å²) in [4.78, 5) is 28.5. The van der Waals surface area contributed by atoms with Gasteiger partial charge >= 0.3 is 5.69 Å². The Bertz CT molecular complexity index is 763. The minimum atomic E-state index is -0.249. The lowest BCUT2D eigenvalue weighted by Gasteiger charge is -2.05. The van der Waals surface area contributed by atoms with Crippen LogP contribution in [0.3, 0.4) is 0 Å². The quantitative estimate of drug-likeness (QED) is 0.861. The Balaban J connectivity index is 1.59. The van der Waals surface area contributed by atoms with Crippen LogP contribution in [0.25, 0.3) is 0 Å². The van der Waals surface area contributed by atoms with Gasteiger partial charge in [-0.2, -0.15) is 5.10 Å². The largest absolute Gasteiger partial charge is 0.481 e. The summed E-state index contributed by atoms with van der Waals surface area (Å²) < 4.78 is 7.93. The monoisotopic (exact) mass is 331 g/mol. The number of aromatic nitrogens is 4. The number of nitrogens with zero attached hydrogens (tertiary/aromatic N) is 4. The van der Waals surface area contributed by atoms with Crippen LogP contribution in [0.2, 0.25) is 0 Å². The van der Waals surface area contributed by atoms with Gasteiger partial charge in [-0.15, -0.1) is 0 Å². The van der Waals surface area contributed by atoms with Gasteiger partial charge in [0.05, 0.1) is 7.11 Å². The standard InChI is InChI=1S/C16H21N5O3/c1-24-15-7-6-12(10-18-15)9-17-14(22)11-21-16(23)20-8-4-2-3-5-13(20)19-21/h6-7,10H,2-5,8-9,11H2,1H3,(H,17,22). The Morgan fingerprint density at radius 3 is 2.96 bits per heavy atom. The van der Waals surface area contributed by atoms with E-state index in [-0.39, 0.29) is 18.1 Å². The Hall–Kier alpha value is -2.64. The third-order valence-electron chi connectivity index (χ3n) is 4.07. The lowest BCUT2D eigenvalue weighted by molar-refractivity contribution is -0.122. The first-order chi connectivity index (χ1) is 11.7. The highest BCUT2D eigenvalue weighted by Gasteiger charge is 2.17. The second-order valence-electron chi connectivity index (χ2n) is 5.80. The lowest BCUT2D eigenvalue weighted by Crippen LogP contribution is -2.33. The van der Waals surface area contributed by atoms with Crippen LogP contribution in [0.5, 0.6) is 5.88 Å². The molecule has 0 unspecified atom stereocenters. The molecular weight excluding hydrogens is 310 g/mol. The number of fused-ring (bicyclic) bond motifs is 1. The van der Waals surface area contributed by atoms with Crippen molar-refractivity contribution in [2.45, 2.75) is 45.3 Å². The van der Waals surface area contributed by atoms with Crippen molar-refractivity contribution in [1.29, 1.82) is 0 Å². The van der Waals surface area contributed by atoms with Gasteiger partial charge in [0.15, 0.2) is 0 Å². The molecule has 0 bridgehead atoms. The van der Waals surface area contributed by atoms with E-state index in [1.165, 1.54) is 4.68 Å². The first-order valence-electron chi connectivity index (χ1n) is 8.09. The van der Waals surface area contributed by atoms with Crippen molar-refractivity contribution < 1.29 is 9.53 Å². The predicted octanol–water partition coefficient (Wildman–Crippen LogP) is 0.491. The molecule has 0 aromatic carbocycles. The summed E-state index contributed by atoms with van der Waals surface area (Å²) in [5.41, 5.74) is 0.658. The molecule has 3 rings (SSSR count). The van der Waals surface area contributed by atoms with Crippen LogP contribution >= 0.6 is 0 Å². The van der Waals surface area contributed by atoms with E-state index in [0.29, 0.717) is 19.0 Å². The Morgan fingerprint density at radius 2 is 2.21 bits per heavy atom. The zero-order chi connectivity index (χ0) is 16.9. The molecule has 0 saturated heterocycles. The highest BCUT2D eigenvalue weighted by Crippen LogP contribution is 2.10. The lowest BCUT2D eigenvalue weighted by atomic mass is 10.2. The fourth-order valence-electron chi connectivity index (χ4n) is 2.76. The van der Waals surface area contributed by atoms with E-state index in [2.05, 4.69) is 15.4 Å². The van der Waals surface area contributed by atoms with Crippen molar-refractivity contribution in [3.05, 3.63) is 40.2 Å². The maximum absolute atomic E-state index is 12.3. The van der Waals surface area contributed by atoms with E-state index >= 15 is 0 Å². The third-order valence-corrected chi connectivity index (χ3v) is 4.07. The SMILES string of the molecule is COc1ccc(CNC(=O)Cn2nc3n(c2=O)CCCCC3)cn1. The zero-order valence-corrected chi connectivity index (χ0v) is 13.7. The van der Waals surface area contributed by atoms with Gasteiger partial charge in [-0.1, -0.05) is 12.5 Å². The van der Waals surface area contributed by atoms with Crippen molar-refractivity contribution in [3.8, 4) is 5.88 Å². The highest BCUT2D eigenvalue weighted by molar-refractivity contribution is 5.75. The molecule has 1 amide bonds. The van der Waals surface area contributed by atoms with Crippen molar-refractivity contribution in [3.63, 3.8) is 0 Å². The molecule has 1 aliphatic heterocycles. The van der Waals surface area contributed by atoms with E-state index in [1.807, 2.05) is 6.07 Å². The highest BCUT2D eigenvalue weighted by atomic mass is 16.5. The number of hydrogen-bond acceptors (Lipinski definition) is 5. The van der Waals surface area contributed by atoms with E-state index in [0.717, 1.165) is 37.1 Å². The van der Waals surface area contributed by atoms with Gasteiger partial charge in [0, 0.05) is 31.8 Å². The summed E-state index contributed by atoms with van der Waals surface area (Å²) >= 11 is 0. The van der Waals surface area contributed by atoms with E-state index in [4.69, 9.17) is 4.74 Å². The Morgan fingerprint density at radius 1 is 1.33 bits per heavy atom. The molecule has 3 heterocycles. The number of carbonyl (C=O) groups is 1. The van der Waals surface area contributed by atoms with Gasteiger partial charge in [-0.3, -0.25) is 9.36 Å². The average Bonchev–Trinajstić information content (AvgIpc) is 2.78. The van der Waals surface area contributed by atoms with Gasteiger partial charge in [0.25, 0.3) is 0 Å². The summed E-state index contributed by atoms with van der Waals surface area (Å²) in [7, 11) is 1.55. The molecule has 24 heavy (non-hydrogen) atoms. The second-order valence-corrected chi connectivity index (χ2v) is 5.80. The minimum Gasteiger partial charge on any atom is -0.481 e. The van der Waals surface area contributed by atoms with Crippen LogP contribution in [0.4, 0.5) is 0 Å². The molecule has 0 spiro atoms. The molecule has 0 saturated carbocycles. The molecule has 8 nitrogen and oxygen atoms in total. The maximum Gasteiger partial charge on any atom is 0.346 e. The first kappa shape index (κ1) is 16.2. The van der Waals surface area contributed by atoms with Crippen LogP contribution < -0.4 is 15.7 Å². The fraction of sp³-hybridized carbons (Fsp3) is 0.500. The summed E-state index contributed by atoms with van der Waals surface area (Å²) in [6.07, 6.45) is 5.56. The third kappa shape index (κ3) is 3.64. The van der Waals surface area contributed by atoms with Gasteiger partial charge < -0.3 is 10.1 Å². The molecule has 0 aliphatic carbocycles. The number of nitrogens with one attached hydrogen (secondary N) is 1. The maximum atomic E-state index is 12.3. The topological polar surface area (TPSA) is 91.0 Å². The van der Waals surface area contributed by atoms with Gasteiger partial charge in [0.2, 0.25) is 11.8 Å². The molecule has 0 radical (unpaired) electrons. The van der Waals surface area contributed by atoms with Crippen molar-refractivity contribution >= 4 is 5.91 Å². The molecule has 1 N–H and O–H groups in total. The summed E-state index contributed by atoms with van der Waals surface area (Å²) in [5.74, 6) is 1.06. The van der Waals surface area contributed by atoms with Crippen LogP contribution in [0.15, 0.2) is 23.1 Å². The minimum absolute atomic E-state index is 0.0670. The molecule has 1 aliphatic rings. The normalized spacial score (nSPS) is 13.9. The molecule has 2 aromatic heterocycles. The number of methoxy groups -OCH3 is 1. The van der Waals surface area contributed by atoms with Gasteiger partial charge in [-0.05, 0) is 18.4 Å². The number of pyridine rings is 1. The molecular formula is C16H21N5O3. The van der Waals surface area contributed by atoms with Crippen LogP contribution in [0, 0.1) is 0 Å². The Labute approximate surface area is 139 Å². The van der Waals surface area contributed by atoms with Crippen molar-refractivity contribution in [2.75, 3.05) is 7.11 Å². The Kier molecular flexibility index (Phi) is 4.93.